The molecule has 19 heavy (non-hydrogen) atoms. The molecule has 1 aliphatic rings. The third-order valence-corrected chi connectivity index (χ3v) is 6.15. The molecule has 108 valence electrons. The molecule has 0 saturated heterocycles. The first kappa shape index (κ1) is 15.0. The van der Waals surface area contributed by atoms with Crippen molar-refractivity contribution in [2.24, 2.45) is 0 Å². The van der Waals surface area contributed by atoms with Gasteiger partial charge in [0.25, 0.3) is 0 Å². The number of sulfonamides is 1. The predicted molar refractivity (Wildman–Crippen MR) is 78.9 cm³/mol. The minimum Gasteiger partial charge on any atom is -0.309 e. The van der Waals surface area contributed by atoms with Gasteiger partial charge >= 0.3 is 0 Å². The van der Waals surface area contributed by atoms with Crippen LogP contribution >= 0.6 is 11.3 Å². The van der Waals surface area contributed by atoms with Crippen LogP contribution in [0.25, 0.3) is 0 Å². The molecule has 0 atom stereocenters. The molecule has 1 aliphatic carbocycles. The zero-order valence-corrected chi connectivity index (χ0v) is 12.9. The number of hydrogen-bond donors (Lipinski definition) is 2. The van der Waals surface area contributed by atoms with Gasteiger partial charge in [0.2, 0.25) is 10.0 Å². The van der Waals surface area contributed by atoms with E-state index >= 15 is 0 Å². The van der Waals surface area contributed by atoms with Crippen molar-refractivity contribution in [2.75, 3.05) is 6.54 Å². The fourth-order valence-electron chi connectivity index (χ4n) is 1.78. The first-order chi connectivity index (χ1) is 9.12. The standard InChI is InChI=1S/C13H22N2O2S2/c1-2-3-4-9-15-19(16,17)13-8-7-12(18-13)10-14-11-5-6-11/h7-8,11,14-15H,2-6,9-10H2,1H3. The molecule has 1 fully saturated rings. The van der Waals surface area contributed by atoms with Gasteiger partial charge in [-0.1, -0.05) is 19.8 Å². The molecule has 0 aromatic carbocycles. The highest BCUT2D eigenvalue weighted by Crippen LogP contribution is 2.24. The summed E-state index contributed by atoms with van der Waals surface area (Å²) in [6.45, 7) is 3.41. The predicted octanol–water partition coefficient (Wildman–Crippen LogP) is 2.47. The van der Waals surface area contributed by atoms with Crippen molar-refractivity contribution in [3.05, 3.63) is 17.0 Å². The Balaban J connectivity index is 1.84. The third kappa shape index (κ3) is 4.87. The molecule has 0 amide bonds. The molecule has 1 aromatic heterocycles. The normalized spacial score (nSPS) is 15.8. The largest absolute Gasteiger partial charge is 0.309 e. The minimum atomic E-state index is -3.30. The van der Waals surface area contributed by atoms with Gasteiger partial charge in [-0.2, -0.15) is 0 Å². The Kier molecular flexibility index (Phi) is 5.38. The second-order valence-electron chi connectivity index (χ2n) is 4.98. The lowest BCUT2D eigenvalue weighted by Gasteiger charge is -2.03. The van der Waals surface area contributed by atoms with Crippen molar-refractivity contribution in [1.82, 2.24) is 10.0 Å². The lowest BCUT2D eigenvalue weighted by Crippen LogP contribution is -2.23. The van der Waals surface area contributed by atoms with Crippen LogP contribution in [0.3, 0.4) is 0 Å². The summed E-state index contributed by atoms with van der Waals surface area (Å²) in [4.78, 5) is 1.08. The number of hydrogen-bond acceptors (Lipinski definition) is 4. The van der Waals surface area contributed by atoms with Crippen molar-refractivity contribution < 1.29 is 8.42 Å². The van der Waals surface area contributed by atoms with E-state index in [1.54, 1.807) is 6.07 Å². The SMILES string of the molecule is CCCCCNS(=O)(=O)c1ccc(CNC2CC2)s1. The van der Waals surface area contributed by atoms with Crippen LogP contribution in [0.5, 0.6) is 0 Å². The van der Waals surface area contributed by atoms with E-state index in [2.05, 4.69) is 17.0 Å². The molecule has 2 N–H and O–H groups in total. The van der Waals surface area contributed by atoms with E-state index in [0.29, 0.717) is 16.8 Å². The van der Waals surface area contributed by atoms with Gasteiger partial charge < -0.3 is 5.32 Å². The molecule has 1 heterocycles. The second-order valence-corrected chi connectivity index (χ2v) is 8.14. The van der Waals surface area contributed by atoms with Crippen LogP contribution in [0, 0.1) is 0 Å². The summed E-state index contributed by atoms with van der Waals surface area (Å²) in [6.07, 6.45) is 5.55. The Labute approximate surface area is 119 Å². The average molecular weight is 302 g/mol. The van der Waals surface area contributed by atoms with Gasteiger partial charge in [-0.25, -0.2) is 13.1 Å². The van der Waals surface area contributed by atoms with Crippen LogP contribution in [0.1, 0.15) is 43.9 Å². The maximum atomic E-state index is 12.0. The van der Waals surface area contributed by atoms with Crippen LogP contribution < -0.4 is 10.0 Å². The first-order valence-electron chi connectivity index (χ1n) is 6.93. The van der Waals surface area contributed by atoms with Crippen LogP contribution in [-0.4, -0.2) is 21.0 Å². The summed E-state index contributed by atoms with van der Waals surface area (Å²) in [5.41, 5.74) is 0. The van der Waals surface area contributed by atoms with Gasteiger partial charge in [-0.05, 0) is 31.4 Å². The van der Waals surface area contributed by atoms with Crippen LogP contribution in [0.15, 0.2) is 16.3 Å². The van der Waals surface area contributed by atoms with Gasteiger partial charge in [0, 0.05) is 24.0 Å². The third-order valence-electron chi connectivity index (χ3n) is 3.12. The zero-order chi connectivity index (χ0) is 13.7. The zero-order valence-electron chi connectivity index (χ0n) is 11.3. The summed E-state index contributed by atoms with van der Waals surface area (Å²) in [6, 6.07) is 4.26. The van der Waals surface area contributed by atoms with Crippen molar-refractivity contribution in [2.45, 2.75) is 55.8 Å². The molecule has 1 aromatic rings. The molecular weight excluding hydrogens is 280 g/mol. The highest BCUT2D eigenvalue weighted by molar-refractivity contribution is 7.91. The van der Waals surface area contributed by atoms with E-state index in [9.17, 15) is 8.42 Å². The van der Waals surface area contributed by atoms with Gasteiger partial charge in [0.15, 0.2) is 0 Å². The molecule has 0 spiro atoms. The Morgan fingerprint density at radius 2 is 2.11 bits per heavy atom. The van der Waals surface area contributed by atoms with Crippen LogP contribution in [0.2, 0.25) is 0 Å². The number of rotatable bonds is 9. The lowest BCUT2D eigenvalue weighted by atomic mass is 10.3. The molecular formula is C13H22N2O2S2. The summed E-state index contributed by atoms with van der Waals surface area (Å²) in [5, 5.41) is 3.39. The fourth-order valence-corrected chi connectivity index (χ4v) is 4.21. The molecule has 4 nitrogen and oxygen atoms in total. The highest BCUT2D eigenvalue weighted by atomic mass is 32.2. The summed E-state index contributed by atoms with van der Waals surface area (Å²) in [5.74, 6) is 0. The Morgan fingerprint density at radius 1 is 1.32 bits per heavy atom. The Hall–Kier alpha value is -0.430. The monoisotopic (exact) mass is 302 g/mol. The summed E-state index contributed by atoms with van der Waals surface area (Å²) >= 11 is 1.36. The fraction of sp³-hybridized carbons (Fsp3) is 0.692. The van der Waals surface area contributed by atoms with E-state index in [4.69, 9.17) is 0 Å². The smallest absolute Gasteiger partial charge is 0.250 e. The van der Waals surface area contributed by atoms with E-state index in [1.165, 1.54) is 24.2 Å². The summed E-state index contributed by atoms with van der Waals surface area (Å²) in [7, 11) is -3.30. The highest BCUT2D eigenvalue weighted by Gasteiger charge is 2.21. The number of nitrogens with one attached hydrogen (secondary N) is 2. The van der Waals surface area contributed by atoms with E-state index in [0.717, 1.165) is 30.7 Å². The topological polar surface area (TPSA) is 58.2 Å². The Morgan fingerprint density at radius 3 is 2.79 bits per heavy atom. The maximum absolute atomic E-state index is 12.0. The second kappa shape index (κ2) is 6.83. The van der Waals surface area contributed by atoms with Gasteiger partial charge in [-0.3, -0.25) is 0 Å². The average Bonchev–Trinajstić information content (AvgIpc) is 3.08. The van der Waals surface area contributed by atoms with E-state index in [1.807, 2.05) is 6.07 Å². The number of unbranched alkanes of at least 4 members (excludes halogenated alkanes) is 2. The molecule has 0 radical (unpaired) electrons. The van der Waals surface area contributed by atoms with Crippen LogP contribution in [-0.2, 0) is 16.6 Å². The molecule has 0 bridgehead atoms. The van der Waals surface area contributed by atoms with Gasteiger partial charge in [0.05, 0.1) is 0 Å². The summed E-state index contributed by atoms with van der Waals surface area (Å²) < 4.78 is 27.2. The number of thiophene rings is 1. The molecule has 6 heteroatoms. The molecule has 1 saturated carbocycles. The van der Waals surface area contributed by atoms with Gasteiger partial charge in [-0.15, -0.1) is 11.3 Å². The molecule has 0 aliphatic heterocycles. The van der Waals surface area contributed by atoms with E-state index in [-0.39, 0.29) is 0 Å². The molecule has 0 unspecified atom stereocenters. The minimum absolute atomic E-state index is 0.427. The van der Waals surface area contributed by atoms with Crippen molar-refractivity contribution in [1.29, 1.82) is 0 Å². The quantitative estimate of drug-likeness (QED) is 0.689. The van der Waals surface area contributed by atoms with Crippen LogP contribution in [0.4, 0.5) is 0 Å². The lowest BCUT2D eigenvalue weighted by molar-refractivity contribution is 0.578. The first-order valence-corrected chi connectivity index (χ1v) is 9.23. The van der Waals surface area contributed by atoms with Crippen molar-refractivity contribution in [3.8, 4) is 0 Å². The Bertz CT molecular complexity index is 492. The maximum Gasteiger partial charge on any atom is 0.250 e. The van der Waals surface area contributed by atoms with E-state index < -0.39 is 10.0 Å². The molecule has 2 rings (SSSR count). The van der Waals surface area contributed by atoms with Gasteiger partial charge in [0.1, 0.15) is 4.21 Å². The van der Waals surface area contributed by atoms with Crippen molar-refractivity contribution in [3.63, 3.8) is 0 Å². The van der Waals surface area contributed by atoms with Crippen molar-refractivity contribution >= 4 is 21.4 Å².